The van der Waals surface area contributed by atoms with Gasteiger partial charge < -0.3 is 10.1 Å². The van der Waals surface area contributed by atoms with Gasteiger partial charge in [0.05, 0.1) is 5.60 Å². The van der Waals surface area contributed by atoms with Crippen molar-refractivity contribution in [2.24, 2.45) is 5.92 Å². The molecule has 2 nitrogen and oxygen atoms in total. The van der Waals surface area contributed by atoms with Gasteiger partial charge in [-0.15, -0.1) is 0 Å². The zero-order valence-corrected chi connectivity index (χ0v) is 12.7. The molecule has 3 rings (SSSR count). The van der Waals surface area contributed by atoms with Crippen LogP contribution in [0.15, 0.2) is 0 Å². The highest BCUT2D eigenvalue weighted by Gasteiger charge is 2.47. The Morgan fingerprint density at radius 2 is 1.95 bits per heavy atom. The van der Waals surface area contributed by atoms with Crippen molar-refractivity contribution in [3.8, 4) is 0 Å². The van der Waals surface area contributed by atoms with Crippen LogP contribution in [0.5, 0.6) is 0 Å². The molecule has 0 aromatic carbocycles. The smallest absolute Gasteiger partial charge is 0.0685 e. The van der Waals surface area contributed by atoms with Crippen LogP contribution in [-0.2, 0) is 4.74 Å². The average Bonchev–Trinajstić information content (AvgIpc) is 2.90. The van der Waals surface area contributed by atoms with E-state index in [2.05, 4.69) is 12.2 Å². The first-order chi connectivity index (χ1) is 9.29. The van der Waals surface area contributed by atoms with Crippen LogP contribution in [0.2, 0.25) is 0 Å². The third-order valence-corrected chi connectivity index (χ3v) is 6.01. The van der Waals surface area contributed by atoms with E-state index in [1.807, 2.05) is 0 Å². The fourth-order valence-corrected chi connectivity index (χ4v) is 5.09. The Labute approximate surface area is 118 Å². The molecule has 2 unspecified atom stereocenters. The van der Waals surface area contributed by atoms with E-state index in [1.165, 1.54) is 77.2 Å². The van der Waals surface area contributed by atoms with E-state index < -0.39 is 0 Å². The predicted molar refractivity (Wildman–Crippen MR) is 79.4 cm³/mol. The molecule has 0 aromatic rings. The Kier molecular flexibility index (Phi) is 4.19. The zero-order valence-electron chi connectivity index (χ0n) is 12.7. The zero-order chi connectivity index (χ0) is 13.2. The summed E-state index contributed by atoms with van der Waals surface area (Å²) < 4.78 is 6.29. The molecule has 19 heavy (non-hydrogen) atoms. The molecule has 0 bridgehead atoms. The van der Waals surface area contributed by atoms with Crippen molar-refractivity contribution in [1.82, 2.24) is 5.32 Å². The van der Waals surface area contributed by atoms with E-state index in [4.69, 9.17) is 4.74 Å². The third kappa shape index (κ3) is 2.71. The number of rotatable bonds is 3. The number of hydrogen-bond donors (Lipinski definition) is 1. The highest BCUT2D eigenvalue weighted by Crippen LogP contribution is 2.46. The first kappa shape index (κ1) is 13.9. The quantitative estimate of drug-likeness (QED) is 0.831. The molecule has 2 heterocycles. The summed E-state index contributed by atoms with van der Waals surface area (Å²) in [6.45, 7) is 4.60. The first-order valence-electron chi connectivity index (χ1n) is 8.68. The van der Waals surface area contributed by atoms with Crippen LogP contribution in [0.25, 0.3) is 0 Å². The second-order valence-electron chi connectivity index (χ2n) is 7.22. The Balaban J connectivity index is 1.72. The van der Waals surface area contributed by atoms with E-state index in [-0.39, 0.29) is 5.60 Å². The molecule has 2 heteroatoms. The van der Waals surface area contributed by atoms with Crippen molar-refractivity contribution < 1.29 is 4.74 Å². The van der Waals surface area contributed by atoms with Crippen molar-refractivity contribution in [1.29, 1.82) is 0 Å². The lowest BCUT2D eigenvalue weighted by Gasteiger charge is -2.49. The second kappa shape index (κ2) is 5.73. The maximum atomic E-state index is 6.29. The van der Waals surface area contributed by atoms with Gasteiger partial charge in [-0.2, -0.15) is 0 Å². The molecule has 110 valence electrons. The summed E-state index contributed by atoms with van der Waals surface area (Å²) in [5, 5.41) is 3.91. The molecule has 1 saturated carbocycles. The molecule has 0 amide bonds. The number of hydrogen-bond acceptors (Lipinski definition) is 2. The lowest BCUT2D eigenvalue weighted by atomic mass is 9.68. The summed E-state index contributed by atoms with van der Waals surface area (Å²) in [6.07, 6.45) is 14.9. The Hall–Kier alpha value is -0.0800. The van der Waals surface area contributed by atoms with Crippen LogP contribution in [0.4, 0.5) is 0 Å². The van der Waals surface area contributed by atoms with Crippen LogP contribution in [0.3, 0.4) is 0 Å². The van der Waals surface area contributed by atoms with Gasteiger partial charge in [-0.25, -0.2) is 0 Å². The summed E-state index contributed by atoms with van der Waals surface area (Å²) in [7, 11) is 0. The van der Waals surface area contributed by atoms with E-state index in [1.54, 1.807) is 0 Å². The van der Waals surface area contributed by atoms with Crippen molar-refractivity contribution in [3.63, 3.8) is 0 Å². The van der Waals surface area contributed by atoms with Gasteiger partial charge in [0.15, 0.2) is 0 Å². The lowest BCUT2D eigenvalue weighted by molar-refractivity contribution is -0.129. The van der Waals surface area contributed by atoms with Crippen LogP contribution < -0.4 is 5.32 Å². The van der Waals surface area contributed by atoms with Gasteiger partial charge in [0.25, 0.3) is 0 Å². The van der Waals surface area contributed by atoms with Crippen molar-refractivity contribution in [2.45, 2.75) is 88.7 Å². The predicted octanol–water partition coefficient (Wildman–Crippen LogP) is 4.04. The molecule has 3 fully saturated rings. The fourth-order valence-electron chi connectivity index (χ4n) is 5.09. The average molecular weight is 265 g/mol. The van der Waals surface area contributed by atoms with Crippen molar-refractivity contribution in [2.75, 3.05) is 13.2 Å². The largest absolute Gasteiger partial charge is 0.375 e. The normalized spacial score (nSPS) is 38.7. The highest BCUT2D eigenvalue weighted by atomic mass is 16.5. The minimum absolute atomic E-state index is 0.270. The third-order valence-electron chi connectivity index (χ3n) is 6.01. The maximum absolute atomic E-state index is 6.29. The Bertz CT molecular complexity index is 284. The topological polar surface area (TPSA) is 21.3 Å². The molecule has 2 saturated heterocycles. The van der Waals surface area contributed by atoms with E-state index in [0.717, 1.165) is 12.5 Å². The van der Waals surface area contributed by atoms with E-state index in [0.29, 0.717) is 5.54 Å². The molecule has 1 spiro atoms. The lowest BCUT2D eigenvalue weighted by Crippen LogP contribution is -2.53. The van der Waals surface area contributed by atoms with Gasteiger partial charge in [-0.3, -0.25) is 0 Å². The summed E-state index contributed by atoms with van der Waals surface area (Å²) in [6, 6.07) is 0. The van der Waals surface area contributed by atoms with Gasteiger partial charge in [0, 0.05) is 12.1 Å². The van der Waals surface area contributed by atoms with Gasteiger partial charge in [0.2, 0.25) is 0 Å². The highest BCUT2D eigenvalue weighted by molar-refractivity contribution is 5.03. The molecule has 2 atom stereocenters. The van der Waals surface area contributed by atoms with Gasteiger partial charge in [-0.05, 0) is 57.4 Å². The number of nitrogens with one attached hydrogen (secondary N) is 1. The summed E-state index contributed by atoms with van der Waals surface area (Å²) in [5.74, 6) is 0.863. The molecular formula is C17H31NO. The summed E-state index contributed by atoms with van der Waals surface area (Å²) in [5.41, 5.74) is 0.731. The molecule has 0 aromatic heterocycles. The standard InChI is InChI=1S/C17H31NO/c1-2-8-17(11-6-12-18-17)15-7-13-19-16(14-15)9-4-3-5-10-16/h15,18H,2-14H2,1H3. The first-order valence-corrected chi connectivity index (χ1v) is 8.68. The molecule has 1 N–H and O–H groups in total. The molecule has 0 radical (unpaired) electrons. The SMILES string of the molecule is CCCC1(C2CCOC3(CCCCC3)C2)CCCN1. The minimum atomic E-state index is 0.270. The van der Waals surface area contributed by atoms with Crippen molar-refractivity contribution >= 4 is 0 Å². The molecule has 1 aliphatic carbocycles. The van der Waals surface area contributed by atoms with Crippen LogP contribution in [0, 0.1) is 5.92 Å². The van der Waals surface area contributed by atoms with Crippen LogP contribution >= 0.6 is 0 Å². The fraction of sp³-hybridized carbons (Fsp3) is 1.00. The number of ether oxygens (including phenoxy) is 1. The molecule has 2 aliphatic heterocycles. The van der Waals surface area contributed by atoms with Crippen LogP contribution in [0.1, 0.15) is 77.6 Å². The van der Waals surface area contributed by atoms with E-state index in [9.17, 15) is 0 Å². The van der Waals surface area contributed by atoms with E-state index >= 15 is 0 Å². The summed E-state index contributed by atoms with van der Waals surface area (Å²) >= 11 is 0. The van der Waals surface area contributed by atoms with Gasteiger partial charge >= 0.3 is 0 Å². The summed E-state index contributed by atoms with van der Waals surface area (Å²) in [4.78, 5) is 0. The Morgan fingerprint density at radius 3 is 2.63 bits per heavy atom. The van der Waals surface area contributed by atoms with Crippen LogP contribution in [-0.4, -0.2) is 24.3 Å². The molecular weight excluding hydrogens is 234 g/mol. The minimum Gasteiger partial charge on any atom is -0.375 e. The maximum Gasteiger partial charge on any atom is 0.0685 e. The monoisotopic (exact) mass is 265 g/mol. The molecule has 3 aliphatic rings. The van der Waals surface area contributed by atoms with Gasteiger partial charge in [-0.1, -0.05) is 32.6 Å². The van der Waals surface area contributed by atoms with Gasteiger partial charge in [0.1, 0.15) is 0 Å². The Morgan fingerprint density at radius 1 is 1.11 bits per heavy atom. The second-order valence-corrected chi connectivity index (χ2v) is 7.22. The van der Waals surface area contributed by atoms with Crippen molar-refractivity contribution in [3.05, 3.63) is 0 Å².